The number of alkyl carbamates (subject to hydrolysis) is 1. The van der Waals surface area contributed by atoms with Crippen LogP contribution in [0, 0.1) is 0 Å². The van der Waals surface area contributed by atoms with Gasteiger partial charge < -0.3 is 14.8 Å². The standard InChI is InChI=1S/C17H29NO4/c1-7-9-10-11-12-13(8-2)14(15(19)21-6)18-16(20)22-17(3,4)5/h14H,2,7,9-12H2,1,3-6H3,(H,18,20)/t14-/m1/s1. The fourth-order valence-electron chi connectivity index (χ4n) is 1.91. The first kappa shape index (κ1) is 20.3. The zero-order valence-electron chi connectivity index (χ0n) is 14.5. The second-order valence-corrected chi connectivity index (χ2v) is 6.12. The van der Waals surface area contributed by atoms with Gasteiger partial charge in [0.05, 0.1) is 7.11 Å². The smallest absolute Gasteiger partial charge is 0.408 e. The molecule has 0 spiro atoms. The lowest BCUT2D eigenvalue weighted by atomic mass is 10.0. The fourth-order valence-corrected chi connectivity index (χ4v) is 1.91. The van der Waals surface area contributed by atoms with Gasteiger partial charge in [0, 0.05) is 5.57 Å². The van der Waals surface area contributed by atoms with Crippen LogP contribution in [0.2, 0.25) is 0 Å². The first-order valence-corrected chi connectivity index (χ1v) is 7.71. The van der Waals surface area contributed by atoms with Crippen LogP contribution in [0.3, 0.4) is 0 Å². The number of ether oxygens (including phenoxy) is 2. The molecule has 1 N–H and O–H groups in total. The molecule has 5 nitrogen and oxygen atoms in total. The third-order valence-corrected chi connectivity index (χ3v) is 2.97. The minimum atomic E-state index is -0.904. The van der Waals surface area contributed by atoms with Gasteiger partial charge in [0.1, 0.15) is 5.60 Å². The van der Waals surface area contributed by atoms with Crippen molar-refractivity contribution in [3.05, 3.63) is 17.9 Å². The summed E-state index contributed by atoms with van der Waals surface area (Å²) in [7, 11) is 1.28. The van der Waals surface area contributed by atoms with Crippen molar-refractivity contribution in [2.75, 3.05) is 7.11 Å². The molecule has 1 amide bonds. The van der Waals surface area contributed by atoms with Crippen molar-refractivity contribution >= 4 is 12.1 Å². The van der Waals surface area contributed by atoms with Gasteiger partial charge in [-0.25, -0.2) is 9.59 Å². The summed E-state index contributed by atoms with van der Waals surface area (Å²) in [5, 5.41) is 2.54. The number of hydrogen-bond donors (Lipinski definition) is 1. The number of esters is 1. The van der Waals surface area contributed by atoms with Gasteiger partial charge >= 0.3 is 12.1 Å². The van der Waals surface area contributed by atoms with E-state index in [1.165, 1.54) is 7.11 Å². The summed E-state index contributed by atoms with van der Waals surface area (Å²) >= 11 is 0. The summed E-state index contributed by atoms with van der Waals surface area (Å²) in [4.78, 5) is 23.8. The van der Waals surface area contributed by atoms with Gasteiger partial charge in [-0.3, -0.25) is 0 Å². The van der Waals surface area contributed by atoms with Crippen LogP contribution in [0.5, 0.6) is 0 Å². The third kappa shape index (κ3) is 8.53. The van der Waals surface area contributed by atoms with Crippen molar-refractivity contribution in [3.63, 3.8) is 0 Å². The first-order valence-electron chi connectivity index (χ1n) is 7.71. The fraction of sp³-hybridized carbons (Fsp3) is 0.706. The molecule has 0 unspecified atom stereocenters. The molecule has 0 aliphatic rings. The van der Waals surface area contributed by atoms with Crippen LogP contribution in [0.15, 0.2) is 17.9 Å². The highest BCUT2D eigenvalue weighted by Gasteiger charge is 2.27. The Kier molecular flexibility index (Phi) is 9.27. The van der Waals surface area contributed by atoms with E-state index in [4.69, 9.17) is 9.47 Å². The maximum Gasteiger partial charge on any atom is 0.408 e. The summed E-state index contributed by atoms with van der Waals surface area (Å²) in [6.45, 7) is 11.0. The van der Waals surface area contributed by atoms with Crippen molar-refractivity contribution in [1.29, 1.82) is 0 Å². The molecule has 5 heteroatoms. The van der Waals surface area contributed by atoms with Crippen molar-refractivity contribution in [1.82, 2.24) is 5.32 Å². The first-order chi connectivity index (χ1) is 10.2. The zero-order valence-corrected chi connectivity index (χ0v) is 14.5. The Morgan fingerprint density at radius 2 is 1.86 bits per heavy atom. The number of carbonyl (C=O) groups excluding carboxylic acids is 2. The third-order valence-electron chi connectivity index (χ3n) is 2.97. The molecule has 0 radical (unpaired) electrons. The molecule has 0 saturated heterocycles. The van der Waals surface area contributed by atoms with E-state index in [-0.39, 0.29) is 0 Å². The highest BCUT2D eigenvalue weighted by Crippen LogP contribution is 2.15. The lowest BCUT2D eigenvalue weighted by Crippen LogP contribution is -2.45. The highest BCUT2D eigenvalue weighted by molar-refractivity contribution is 5.84. The molecule has 0 aliphatic carbocycles. The molecule has 126 valence electrons. The Labute approximate surface area is 133 Å². The maximum atomic E-state index is 11.9. The van der Waals surface area contributed by atoms with Crippen LogP contribution >= 0.6 is 0 Å². The van der Waals surface area contributed by atoms with Crippen LogP contribution < -0.4 is 5.32 Å². The molecule has 0 aromatic rings. The van der Waals surface area contributed by atoms with Crippen LogP contribution in [0.25, 0.3) is 0 Å². The van der Waals surface area contributed by atoms with E-state index in [0.717, 1.165) is 25.7 Å². The quantitative estimate of drug-likeness (QED) is 0.421. The molecule has 0 aliphatic heterocycles. The monoisotopic (exact) mass is 311 g/mol. The van der Waals surface area contributed by atoms with Gasteiger partial charge in [-0.1, -0.05) is 32.8 Å². The van der Waals surface area contributed by atoms with Gasteiger partial charge in [-0.05, 0) is 33.6 Å². The van der Waals surface area contributed by atoms with E-state index in [1.807, 2.05) is 0 Å². The molecular formula is C17H29NO4. The SMILES string of the molecule is C=C=C(CCCCCC)[C@@H](NC(=O)OC(C)(C)C)C(=O)OC. The number of hydrogen-bond acceptors (Lipinski definition) is 4. The number of unbranched alkanes of at least 4 members (excludes halogenated alkanes) is 3. The van der Waals surface area contributed by atoms with Crippen LogP contribution in [0.1, 0.15) is 59.8 Å². The number of nitrogens with one attached hydrogen (secondary N) is 1. The number of methoxy groups -OCH3 is 1. The molecule has 1 atom stereocenters. The topological polar surface area (TPSA) is 64.6 Å². The molecule has 22 heavy (non-hydrogen) atoms. The van der Waals surface area contributed by atoms with Crippen molar-refractivity contribution in [3.8, 4) is 0 Å². The van der Waals surface area contributed by atoms with Crippen LogP contribution in [-0.4, -0.2) is 30.8 Å². The van der Waals surface area contributed by atoms with E-state index in [2.05, 4.69) is 24.6 Å². The Hall–Kier alpha value is -1.74. The molecule has 0 rings (SSSR count). The Morgan fingerprint density at radius 3 is 2.32 bits per heavy atom. The summed E-state index contributed by atoms with van der Waals surface area (Å²) in [6, 6.07) is -0.904. The van der Waals surface area contributed by atoms with Gasteiger partial charge in [-0.15, -0.1) is 5.73 Å². The maximum absolute atomic E-state index is 11.9. The Morgan fingerprint density at radius 1 is 1.23 bits per heavy atom. The number of rotatable bonds is 8. The van der Waals surface area contributed by atoms with Gasteiger partial charge in [0.15, 0.2) is 6.04 Å². The zero-order chi connectivity index (χ0) is 17.2. The van der Waals surface area contributed by atoms with E-state index >= 15 is 0 Å². The lowest BCUT2D eigenvalue weighted by Gasteiger charge is -2.23. The predicted octanol–water partition coefficient (Wildman–Crippen LogP) is 3.73. The molecule has 0 bridgehead atoms. The molecule has 0 fully saturated rings. The average molecular weight is 311 g/mol. The normalized spacial score (nSPS) is 12.0. The van der Waals surface area contributed by atoms with E-state index in [9.17, 15) is 9.59 Å². The van der Waals surface area contributed by atoms with E-state index in [0.29, 0.717) is 12.0 Å². The molecule has 0 heterocycles. The molecule has 0 saturated carbocycles. The Balaban J connectivity index is 4.84. The molecule has 0 aromatic carbocycles. The molecular weight excluding hydrogens is 282 g/mol. The predicted molar refractivity (Wildman–Crippen MR) is 86.6 cm³/mol. The molecule has 0 aromatic heterocycles. The van der Waals surface area contributed by atoms with Gasteiger partial charge in [-0.2, -0.15) is 0 Å². The second kappa shape index (κ2) is 10.1. The largest absolute Gasteiger partial charge is 0.467 e. The summed E-state index contributed by atoms with van der Waals surface area (Å²) in [5.41, 5.74) is 2.74. The van der Waals surface area contributed by atoms with Gasteiger partial charge in [0.25, 0.3) is 0 Å². The summed E-state index contributed by atoms with van der Waals surface area (Å²) in [6.07, 6.45) is 4.21. The van der Waals surface area contributed by atoms with Gasteiger partial charge in [0.2, 0.25) is 0 Å². The number of amides is 1. The highest BCUT2D eigenvalue weighted by atomic mass is 16.6. The number of carbonyl (C=O) groups is 2. The van der Waals surface area contributed by atoms with Crippen molar-refractivity contribution < 1.29 is 19.1 Å². The van der Waals surface area contributed by atoms with E-state index in [1.54, 1.807) is 20.8 Å². The van der Waals surface area contributed by atoms with Crippen LogP contribution in [0.4, 0.5) is 4.79 Å². The van der Waals surface area contributed by atoms with Crippen LogP contribution in [-0.2, 0) is 14.3 Å². The summed E-state index contributed by atoms with van der Waals surface area (Å²) < 4.78 is 9.94. The lowest BCUT2D eigenvalue weighted by molar-refractivity contribution is -0.142. The average Bonchev–Trinajstić information content (AvgIpc) is 2.43. The minimum absolute atomic E-state index is 0.549. The second-order valence-electron chi connectivity index (χ2n) is 6.12. The summed E-state index contributed by atoms with van der Waals surface area (Å²) in [5.74, 6) is -0.549. The minimum Gasteiger partial charge on any atom is -0.467 e. The van der Waals surface area contributed by atoms with E-state index < -0.39 is 23.7 Å². The van der Waals surface area contributed by atoms with Crippen molar-refractivity contribution in [2.45, 2.75) is 71.4 Å². The Bertz CT molecular complexity index is 417. The van der Waals surface area contributed by atoms with Crippen molar-refractivity contribution in [2.24, 2.45) is 0 Å².